The number of aromatic amines is 1. The van der Waals surface area contributed by atoms with E-state index >= 15 is 0 Å². The van der Waals surface area contributed by atoms with Crippen LogP contribution < -0.4 is 5.73 Å². The predicted molar refractivity (Wildman–Crippen MR) is 80.9 cm³/mol. The molecule has 0 aliphatic heterocycles. The average Bonchev–Trinajstić information content (AvgIpc) is 2.73. The van der Waals surface area contributed by atoms with E-state index < -0.39 is 8.07 Å². The minimum absolute atomic E-state index is 0.774. The van der Waals surface area contributed by atoms with Crippen molar-refractivity contribution in [1.29, 1.82) is 0 Å². The van der Waals surface area contributed by atoms with Crippen molar-refractivity contribution in [2.45, 2.75) is 19.6 Å². The van der Waals surface area contributed by atoms with E-state index in [0.717, 1.165) is 22.4 Å². The van der Waals surface area contributed by atoms with E-state index in [4.69, 9.17) is 5.73 Å². The summed E-state index contributed by atoms with van der Waals surface area (Å²) < 4.78 is 0. The minimum Gasteiger partial charge on any atom is -0.397 e. The molecular formula is C15H18N2Si. The summed E-state index contributed by atoms with van der Waals surface area (Å²) in [7, 11) is -1.30. The van der Waals surface area contributed by atoms with Gasteiger partial charge in [-0.25, -0.2) is 0 Å². The van der Waals surface area contributed by atoms with Crippen LogP contribution in [0.2, 0.25) is 19.6 Å². The molecule has 0 fully saturated rings. The van der Waals surface area contributed by atoms with Crippen molar-refractivity contribution in [1.82, 2.24) is 4.98 Å². The summed E-state index contributed by atoms with van der Waals surface area (Å²) in [6.45, 7) is 6.73. The Hall–Kier alpha value is -1.92. The van der Waals surface area contributed by atoms with Gasteiger partial charge in [-0.2, -0.15) is 0 Å². The number of rotatable bonds is 1. The Morgan fingerprint density at radius 2 is 1.72 bits per heavy atom. The van der Waals surface area contributed by atoms with Crippen molar-refractivity contribution in [3.8, 4) is 22.6 Å². The maximum atomic E-state index is 5.87. The Bertz CT molecular complexity index is 592. The summed E-state index contributed by atoms with van der Waals surface area (Å²) in [4.78, 5) is 3.01. The lowest BCUT2D eigenvalue weighted by molar-refractivity contribution is 1.41. The van der Waals surface area contributed by atoms with E-state index in [2.05, 4.69) is 60.4 Å². The number of hydrogen-bond acceptors (Lipinski definition) is 1. The summed E-state index contributed by atoms with van der Waals surface area (Å²) in [6, 6.07) is 8.23. The van der Waals surface area contributed by atoms with Gasteiger partial charge in [-0.15, -0.1) is 5.54 Å². The van der Waals surface area contributed by atoms with Crippen LogP contribution in [0.1, 0.15) is 5.56 Å². The second kappa shape index (κ2) is 4.75. The van der Waals surface area contributed by atoms with Crippen molar-refractivity contribution in [3.05, 3.63) is 42.2 Å². The molecule has 0 aliphatic carbocycles. The molecule has 2 aromatic rings. The lowest BCUT2D eigenvalue weighted by Gasteiger charge is -2.04. The number of nitrogens with one attached hydrogen (secondary N) is 1. The van der Waals surface area contributed by atoms with Crippen LogP contribution in [0, 0.1) is 11.5 Å². The van der Waals surface area contributed by atoms with Gasteiger partial charge in [0, 0.05) is 23.5 Å². The minimum atomic E-state index is -1.30. The Morgan fingerprint density at radius 1 is 1.06 bits per heavy atom. The van der Waals surface area contributed by atoms with Gasteiger partial charge in [0.2, 0.25) is 0 Å². The summed E-state index contributed by atoms with van der Waals surface area (Å²) in [5, 5.41) is 0. The van der Waals surface area contributed by atoms with Crippen LogP contribution >= 0.6 is 0 Å². The topological polar surface area (TPSA) is 41.8 Å². The van der Waals surface area contributed by atoms with E-state index in [1.54, 1.807) is 6.20 Å². The zero-order valence-electron chi connectivity index (χ0n) is 11.0. The quantitative estimate of drug-likeness (QED) is 0.593. The monoisotopic (exact) mass is 254 g/mol. The molecule has 3 N–H and O–H groups in total. The number of H-pyrrole nitrogens is 1. The highest BCUT2D eigenvalue weighted by Gasteiger charge is 2.07. The molecule has 0 radical (unpaired) electrons. The smallest absolute Gasteiger partial charge is 0.129 e. The molecule has 3 heteroatoms. The van der Waals surface area contributed by atoms with Crippen molar-refractivity contribution in [3.63, 3.8) is 0 Å². The lowest BCUT2D eigenvalue weighted by atomic mass is 10.1. The van der Waals surface area contributed by atoms with Crippen LogP contribution in [0.25, 0.3) is 11.1 Å². The first-order valence-corrected chi connectivity index (χ1v) is 9.51. The van der Waals surface area contributed by atoms with E-state index in [-0.39, 0.29) is 0 Å². The van der Waals surface area contributed by atoms with Gasteiger partial charge in [0.15, 0.2) is 0 Å². The highest BCUT2D eigenvalue weighted by atomic mass is 28.3. The SMILES string of the molecule is C[Si](C)(C)C#Cc1ccc(-c2c[nH]cc2N)cc1. The zero-order chi connectivity index (χ0) is 13.2. The number of benzene rings is 1. The molecule has 0 saturated heterocycles. The number of nitrogens with two attached hydrogens (primary N) is 1. The van der Waals surface area contributed by atoms with Gasteiger partial charge in [-0.1, -0.05) is 37.7 Å². The number of aromatic nitrogens is 1. The second-order valence-electron chi connectivity index (χ2n) is 5.40. The average molecular weight is 254 g/mol. The largest absolute Gasteiger partial charge is 0.397 e. The molecule has 0 spiro atoms. The van der Waals surface area contributed by atoms with Crippen molar-refractivity contribution in [2.75, 3.05) is 5.73 Å². The molecule has 18 heavy (non-hydrogen) atoms. The fourth-order valence-corrected chi connectivity index (χ4v) is 2.14. The first-order chi connectivity index (χ1) is 8.46. The summed E-state index contributed by atoms with van der Waals surface area (Å²) in [5.41, 5.74) is 13.2. The molecule has 2 rings (SSSR count). The number of anilines is 1. The molecular weight excluding hydrogens is 236 g/mol. The molecule has 0 saturated carbocycles. The third-order valence-electron chi connectivity index (χ3n) is 2.56. The maximum absolute atomic E-state index is 5.87. The highest BCUT2D eigenvalue weighted by Crippen LogP contribution is 2.25. The van der Waals surface area contributed by atoms with E-state index in [1.807, 2.05) is 6.20 Å². The summed E-state index contributed by atoms with van der Waals surface area (Å²) >= 11 is 0. The van der Waals surface area contributed by atoms with Crippen LogP contribution in [-0.4, -0.2) is 13.1 Å². The van der Waals surface area contributed by atoms with Gasteiger partial charge >= 0.3 is 0 Å². The van der Waals surface area contributed by atoms with Crippen LogP contribution in [0.4, 0.5) is 5.69 Å². The highest BCUT2D eigenvalue weighted by molar-refractivity contribution is 6.83. The second-order valence-corrected chi connectivity index (χ2v) is 10.2. The Labute approximate surface area is 109 Å². The molecule has 1 heterocycles. The molecule has 0 unspecified atom stereocenters. The third kappa shape index (κ3) is 3.05. The number of nitrogen functional groups attached to an aromatic ring is 1. The van der Waals surface area contributed by atoms with E-state index in [9.17, 15) is 0 Å². The van der Waals surface area contributed by atoms with Crippen molar-refractivity contribution >= 4 is 13.8 Å². The van der Waals surface area contributed by atoms with Crippen molar-refractivity contribution < 1.29 is 0 Å². The van der Waals surface area contributed by atoms with Crippen molar-refractivity contribution in [2.24, 2.45) is 0 Å². The van der Waals surface area contributed by atoms with Gasteiger partial charge in [0.25, 0.3) is 0 Å². The Kier molecular flexibility index (Phi) is 3.31. The summed E-state index contributed by atoms with van der Waals surface area (Å²) in [6.07, 6.45) is 3.71. The molecule has 1 aromatic carbocycles. The summed E-state index contributed by atoms with van der Waals surface area (Å²) in [5.74, 6) is 3.24. The maximum Gasteiger partial charge on any atom is 0.129 e. The standard InChI is InChI=1S/C15H18N2Si/c1-18(2,3)9-8-12-4-6-13(7-5-12)14-10-17-11-15(14)16/h4-7,10-11,17H,16H2,1-3H3. The Morgan fingerprint density at radius 3 is 2.22 bits per heavy atom. The van der Waals surface area contributed by atoms with Gasteiger partial charge in [0.1, 0.15) is 8.07 Å². The first-order valence-electron chi connectivity index (χ1n) is 6.01. The molecule has 92 valence electrons. The van der Waals surface area contributed by atoms with Crippen LogP contribution in [0.3, 0.4) is 0 Å². The molecule has 2 nitrogen and oxygen atoms in total. The molecule has 0 bridgehead atoms. The fraction of sp³-hybridized carbons (Fsp3) is 0.200. The molecule has 0 amide bonds. The van der Waals surface area contributed by atoms with Gasteiger partial charge in [0.05, 0.1) is 5.69 Å². The lowest BCUT2D eigenvalue weighted by Crippen LogP contribution is -2.16. The molecule has 0 aliphatic rings. The molecule has 1 aromatic heterocycles. The van der Waals surface area contributed by atoms with Crippen LogP contribution in [-0.2, 0) is 0 Å². The first kappa shape index (κ1) is 12.5. The van der Waals surface area contributed by atoms with Gasteiger partial charge in [-0.05, 0) is 17.7 Å². The number of hydrogen-bond donors (Lipinski definition) is 2. The fourth-order valence-electron chi connectivity index (χ4n) is 1.62. The third-order valence-corrected chi connectivity index (χ3v) is 3.43. The predicted octanol–water partition coefficient (Wildman–Crippen LogP) is 3.49. The normalized spacial score (nSPS) is 10.8. The Balaban J connectivity index is 2.26. The van der Waals surface area contributed by atoms with Crippen LogP contribution in [0.15, 0.2) is 36.7 Å². The molecule has 0 atom stereocenters. The van der Waals surface area contributed by atoms with E-state index in [0.29, 0.717) is 0 Å². The van der Waals surface area contributed by atoms with E-state index in [1.165, 1.54) is 0 Å². The van der Waals surface area contributed by atoms with Crippen LogP contribution in [0.5, 0.6) is 0 Å². The van der Waals surface area contributed by atoms with Gasteiger partial charge < -0.3 is 10.7 Å². The zero-order valence-corrected chi connectivity index (χ0v) is 12.0. The van der Waals surface area contributed by atoms with Gasteiger partial charge in [-0.3, -0.25) is 0 Å².